The van der Waals surface area contributed by atoms with Crippen LogP contribution >= 0.6 is 0 Å². The summed E-state index contributed by atoms with van der Waals surface area (Å²) in [4.78, 5) is 29.9. The zero-order chi connectivity index (χ0) is 18.9. The normalized spacial score (nSPS) is 24.6. The van der Waals surface area contributed by atoms with E-state index in [9.17, 15) is 14.0 Å². The van der Waals surface area contributed by atoms with Crippen molar-refractivity contribution in [3.05, 3.63) is 35.6 Å². The van der Waals surface area contributed by atoms with Gasteiger partial charge in [-0.1, -0.05) is 12.1 Å². The van der Waals surface area contributed by atoms with Gasteiger partial charge in [0.25, 0.3) is 0 Å². The second kappa shape index (κ2) is 7.58. The van der Waals surface area contributed by atoms with E-state index in [1.807, 2.05) is 9.80 Å². The lowest BCUT2D eigenvalue weighted by Gasteiger charge is -2.38. The maximum Gasteiger partial charge on any atom is 0.228 e. The first-order chi connectivity index (χ1) is 13.1. The second-order valence-corrected chi connectivity index (χ2v) is 8.14. The molecule has 3 aliphatic heterocycles. The molecule has 3 fully saturated rings. The van der Waals surface area contributed by atoms with Crippen LogP contribution in [0.25, 0.3) is 0 Å². The number of ether oxygens (including phenoxy) is 1. The maximum absolute atomic E-state index is 13.2. The molecular formula is C21H27FN2O3. The Morgan fingerprint density at radius 2 is 1.74 bits per heavy atom. The predicted molar refractivity (Wildman–Crippen MR) is 98.5 cm³/mol. The molecule has 0 saturated carbocycles. The Balaban J connectivity index is 1.50. The SMILES string of the molecule is O=C(Cc1ccc(F)cc1)N1CC(C(=O)N2CCCC2)C2(CCOCC2)C1. The molecule has 1 unspecified atom stereocenters. The van der Waals surface area contributed by atoms with Crippen molar-refractivity contribution in [1.29, 1.82) is 0 Å². The quantitative estimate of drug-likeness (QED) is 0.815. The third-order valence-electron chi connectivity index (χ3n) is 6.47. The summed E-state index contributed by atoms with van der Waals surface area (Å²) in [5, 5.41) is 0. The number of nitrogens with zero attached hydrogens (tertiary/aromatic N) is 2. The smallest absolute Gasteiger partial charge is 0.228 e. The molecule has 0 N–H and O–H groups in total. The first-order valence-corrected chi connectivity index (χ1v) is 9.96. The number of amides is 2. The van der Waals surface area contributed by atoms with Crippen LogP contribution in [0.5, 0.6) is 0 Å². The zero-order valence-corrected chi connectivity index (χ0v) is 15.7. The molecule has 0 radical (unpaired) electrons. The topological polar surface area (TPSA) is 49.9 Å². The van der Waals surface area contributed by atoms with Gasteiger partial charge in [-0.3, -0.25) is 9.59 Å². The monoisotopic (exact) mass is 374 g/mol. The van der Waals surface area contributed by atoms with Crippen molar-refractivity contribution in [3.63, 3.8) is 0 Å². The molecular weight excluding hydrogens is 347 g/mol. The highest BCUT2D eigenvalue weighted by Crippen LogP contribution is 2.45. The van der Waals surface area contributed by atoms with Crippen LogP contribution in [-0.4, -0.2) is 61.0 Å². The van der Waals surface area contributed by atoms with Crippen LogP contribution in [0.2, 0.25) is 0 Å². The highest BCUT2D eigenvalue weighted by molar-refractivity contribution is 5.84. The molecule has 4 rings (SSSR count). The van der Waals surface area contributed by atoms with E-state index in [0.717, 1.165) is 44.3 Å². The third-order valence-corrected chi connectivity index (χ3v) is 6.47. The molecule has 146 valence electrons. The van der Waals surface area contributed by atoms with Gasteiger partial charge < -0.3 is 14.5 Å². The van der Waals surface area contributed by atoms with Gasteiger partial charge in [0.05, 0.1) is 12.3 Å². The van der Waals surface area contributed by atoms with Gasteiger partial charge in [-0.15, -0.1) is 0 Å². The van der Waals surface area contributed by atoms with Crippen LogP contribution in [0.1, 0.15) is 31.2 Å². The summed E-state index contributed by atoms with van der Waals surface area (Å²) in [6.45, 7) is 4.11. The van der Waals surface area contributed by atoms with E-state index in [4.69, 9.17) is 4.74 Å². The fraction of sp³-hybridized carbons (Fsp3) is 0.619. The van der Waals surface area contributed by atoms with Gasteiger partial charge in [0, 0.05) is 44.8 Å². The molecule has 3 saturated heterocycles. The molecule has 1 aromatic rings. The largest absolute Gasteiger partial charge is 0.381 e. The Kier molecular flexibility index (Phi) is 5.17. The number of hydrogen-bond acceptors (Lipinski definition) is 3. The number of hydrogen-bond donors (Lipinski definition) is 0. The van der Waals surface area contributed by atoms with Gasteiger partial charge in [-0.2, -0.15) is 0 Å². The lowest BCUT2D eigenvalue weighted by Crippen LogP contribution is -2.45. The average Bonchev–Trinajstić information content (AvgIpc) is 3.33. The summed E-state index contributed by atoms with van der Waals surface area (Å²) >= 11 is 0. The Labute approximate surface area is 159 Å². The number of carbonyl (C=O) groups is 2. The predicted octanol–water partition coefficient (Wildman–Crippen LogP) is 2.25. The molecule has 1 spiro atoms. The fourth-order valence-corrected chi connectivity index (χ4v) is 4.83. The van der Waals surface area contributed by atoms with Crippen molar-refractivity contribution in [1.82, 2.24) is 9.80 Å². The highest BCUT2D eigenvalue weighted by Gasteiger charge is 2.52. The number of halogens is 1. The van der Waals surface area contributed by atoms with Gasteiger partial charge in [0.1, 0.15) is 5.82 Å². The van der Waals surface area contributed by atoms with Crippen LogP contribution in [0.4, 0.5) is 4.39 Å². The van der Waals surface area contributed by atoms with Crippen LogP contribution in [0, 0.1) is 17.2 Å². The van der Waals surface area contributed by atoms with E-state index in [2.05, 4.69) is 0 Å². The minimum absolute atomic E-state index is 0.0178. The Morgan fingerprint density at radius 3 is 2.41 bits per heavy atom. The average molecular weight is 374 g/mol. The van der Waals surface area contributed by atoms with Gasteiger partial charge in [-0.25, -0.2) is 4.39 Å². The molecule has 0 bridgehead atoms. The maximum atomic E-state index is 13.2. The summed E-state index contributed by atoms with van der Waals surface area (Å²) in [7, 11) is 0. The van der Waals surface area contributed by atoms with E-state index in [-0.39, 0.29) is 35.4 Å². The number of likely N-dealkylation sites (tertiary alicyclic amines) is 2. The molecule has 1 aromatic carbocycles. The molecule has 5 nitrogen and oxygen atoms in total. The van der Waals surface area contributed by atoms with Gasteiger partial charge in [0.15, 0.2) is 0 Å². The number of rotatable bonds is 3. The Morgan fingerprint density at radius 1 is 1.07 bits per heavy atom. The lowest BCUT2D eigenvalue weighted by atomic mass is 9.71. The third kappa shape index (κ3) is 3.72. The Bertz CT molecular complexity index is 694. The molecule has 0 aliphatic carbocycles. The van der Waals surface area contributed by atoms with Gasteiger partial charge in [-0.05, 0) is 43.4 Å². The first kappa shape index (κ1) is 18.4. The van der Waals surface area contributed by atoms with E-state index in [1.165, 1.54) is 12.1 Å². The summed E-state index contributed by atoms with van der Waals surface area (Å²) in [5.74, 6) is -0.197. The van der Waals surface area contributed by atoms with Crippen molar-refractivity contribution in [3.8, 4) is 0 Å². The van der Waals surface area contributed by atoms with Crippen molar-refractivity contribution in [2.24, 2.45) is 11.3 Å². The summed E-state index contributed by atoms with van der Waals surface area (Å²) in [5.41, 5.74) is 0.646. The zero-order valence-electron chi connectivity index (χ0n) is 15.7. The summed E-state index contributed by atoms with van der Waals surface area (Å²) < 4.78 is 18.7. The standard InChI is InChI=1S/C21H27FN2O3/c22-17-5-3-16(4-6-17)13-19(25)24-14-18(20(26)23-9-1-2-10-23)21(15-24)7-11-27-12-8-21/h3-6,18H,1-2,7-15H2. The van der Waals surface area contributed by atoms with Crippen LogP contribution in [0.15, 0.2) is 24.3 Å². The van der Waals surface area contributed by atoms with Crippen LogP contribution in [-0.2, 0) is 20.7 Å². The van der Waals surface area contributed by atoms with Crippen molar-refractivity contribution in [2.45, 2.75) is 32.1 Å². The molecule has 3 aliphatic rings. The highest BCUT2D eigenvalue weighted by atomic mass is 19.1. The van der Waals surface area contributed by atoms with Crippen molar-refractivity contribution >= 4 is 11.8 Å². The molecule has 2 amide bonds. The van der Waals surface area contributed by atoms with E-state index in [1.54, 1.807) is 12.1 Å². The van der Waals surface area contributed by atoms with Crippen LogP contribution in [0.3, 0.4) is 0 Å². The van der Waals surface area contributed by atoms with E-state index < -0.39 is 0 Å². The molecule has 3 heterocycles. The molecule has 1 atom stereocenters. The summed E-state index contributed by atoms with van der Waals surface area (Å²) in [6, 6.07) is 6.07. The number of carbonyl (C=O) groups excluding carboxylic acids is 2. The summed E-state index contributed by atoms with van der Waals surface area (Å²) in [6.07, 6.45) is 4.05. The lowest BCUT2D eigenvalue weighted by molar-refractivity contribution is -0.139. The minimum Gasteiger partial charge on any atom is -0.381 e. The number of benzene rings is 1. The fourth-order valence-electron chi connectivity index (χ4n) is 4.83. The van der Waals surface area contributed by atoms with Gasteiger partial charge >= 0.3 is 0 Å². The Hall–Kier alpha value is -1.95. The van der Waals surface area contributed by atoms with E-state index in [0.29, 0.717) is 26.3 Å². The first-order valence-electron chi connectivity index (χ1n) is 9.96. The molecule has 27 heavy (non-hydrogen) atoms. The van der Waals surface area contributed by atoms with E-state index >= 15 is 0 Å². The molecule has 6 heteroatoms. The second-order valence-electron chi connectivity index (χ2n) is 8.14. The van der Waals surface area contributed by atoms with Crippen LogP contribution < -0.4 is 0 Å². The van der Waals surface area contributed by atoms with Crippen molar-refractivity contribution in [2.75, 3.05) is 39.4 Å². The van der Waals surface area contributed by atoms with Crippen molar-refractivity contribution < 1.29 is 18.7 Å². The van der Waals surface area contributed by atoms with Gasteiger partial charge in [0.2, 0.25) is 11.8 Å². The minimum atomic E-state index is -0.301. The molecule has 0 aromatic heterocycles.